The molecule has 112 valence electrons. The normalized spacial score (nSPS) is 18.1. The standard InChI is InChI=1S/C17H26FNS/c1-2-3-4-17(15-5-7-16(18)8-6-15)19-13-14-9-11-20-12-10-14/h5-8,14,17,19H,2-4,9-13H2,1H3. The molecule has 1 saturated heterocycles. The van der Waals surface area contributed by atoms with Crippen LogP contribution in [0, 0.1) is 11.7 Å². The van der Waals surface area contributed by atoms with Gasteiger partial charge in [-0.3, -0.25) is 0 Å². The summed E-state index contributed by atoms with van der Waals surface area (Å²) in [5.74, 6) is 3.29. The molecule has 0 saturated carbocycles. The second-order valence-corrected chi connectivity index (χ2v) is 6.94. The first-order valence-electron chi connectivity index (χ1n) is 7.86. The summed E-state index contributed by atoms with van der Waals surface area (Å²) >= 11 is 2.08. The lowest BCUT2D eigenvalue weighted by molar-refractivity contribution is 0.393. The van der Waals surface area contributed by atoms with Crippen LogP contribution in [0.5, 0.6) is 0 Å². The summed E-state index contributed by atoms with van der Waals surface area (Å²) in [5, 5.41) is 3.73. The van der Waals surface area contributed by atoms with Crippen molar-refractivity contribution in [2.75, 3.05) is 18.1 Å². The van der Waals surface area contributed by atoms with E-state index in [-0.39, 0.29) is 5.82 Å². The van der Waals surface area contributed by atoms with Gasteiger partial charge in [0.05, 0.1) is 0 Å². The fourth-order valence-corrected chi connectivity index (χ4v) is 3.95. The first-order valence-corrected chi connectivity index (χ1v) is 9.01. The van der Waals surface area contributed by atoms with Crippen molar-refractivity contribution in [1.82, 2.24) is 5.32 Å². The molecule has 1 aromatic rings. The average Bonchev–Trinajstić information content (AvgIpc) is 2.50. The van der Waals surface area contributed by atoms with Crippen LogP contribution in [0.2, 0.25) is 0 Å². The third-order valence-electron chi connectivity index (χ3n) is 4.11. The number of thioether (sulfide) groups is 1. The van der Waals surface area contributed by atoms with E-state index in [0.717, 1.165) is 18.9 Å². The number of hydrogen-bond acceptors (Lipinski definition) is 2. The van der Waals surface area contributed by atoms with Gasteiger partial charge < -0.3 is 5.32 Å². The highest BCUT2D eigenvalue weighted by molar-refractivity contribution is 7.99. The molecule has 1 nitrogen and oxygen atoms in total. The van der Waals surface area contributed by atoms with Crippen molar-refractivity contribution in [2.24, 2.45) is 5.92 Å². The Bertz CT molecular complexity index is 373. The van der Waals surface area contributed by atoms with Gasteiger partial charge in [-0.05, 0) is 60.9 Å². The Labute approximate surface area is 126 Å². The summed E-state index contributed by atoms with van der Waals surface area (Å²) in [4.78, 5) is 0. The van der Waals surface area contributed by atoms with Gasteiger partial charge in [-0.1, -0.05) is 31.9 Å². The Morgan fingerprint density at radius 2 is 1.95 bits per heavy atom. The minimum absolute atomic E-state index is 0.146. The van der Waals surface area contributed by atoms with E-state index >= 15 is 0 Å². The van der Waals surface area contributed by atoms with E-state index in [4.69, 9.17) is 0 Å². The lowest BCUT2D eigenvalue weighted by Crippen LogP contribution is -2.29. The van der Waals surface area contributed by atoms with Gasteiger partial charge in [0.25, 0.3) is 0 Å². The molecule has 0 spiro atoms. The lowest BCUT2D eigenvalue weighted by Gasteiger charge is -2.26. The number of halogens is 1. The predicted octanol–water partition coefficient (Wildman–Crippen LogP) is 4.79. The van der Waals surface area contributed by atoms with Gasteiger partial charge in [-0.15, -0.1) is 0 Å². The molecule has 1 aliphatic rings. The molecule has 1 aromatic carbocycles. The van der Waals surface area contributed by atoms with Crippen molar-refractivity contribution >= 4 is 11.8 Å². The molecule has 20 heavy (non-hydrogen) atoms. The summed E-state index contributed by atoms with van der Waals surface area (Å²) < 4.78 is 13.1. The molecule has 1 atom stereocenters. The minimum atomic E-state index is -0.146. The molecule has 1 heterocycles. The molecule has 0 aromatic heterocycles. The average molecular weight is 295 g/mol. The first kappa shape index (κ1) is 15.8. The second kappa shape index (κ2) is 8.68. The maximum absolute atomic E-state index is 13.1. The molecular weight excluding hydrogens is 269 g/mol. The van der Waals surface area contributed by atoms with Crippen molar-refractivity contribution in [3.05, 3.63) is 35.6 Å². The third-order valence-corrected chi connectivity index (χ3v) is 5.16. The molecule has 3 heteroatoms. The molecule has 1 aliphatic heterocycles. The van der Waals surface area contributed by atoms with Crippen LogP contribution in [0.25, 0.3) is 0 Å². The van der Waals surface area contributed by atoms with Crippen molar-refractivity contribution in [1.29, 1.82) is 0 Å². The zero-order valence-electron chi connectivity index (χ0n) is 12.4. The van der Waals surface area contributed by atoms with E-state index in [2.05, 4.69) is 24.0 Å². The van der Waals surface area contributed by atoms with E-state index in [0.29, 0.717) is 6.04 Å². The maximum atomic E-state index is 13.1. The van der Waals surface area contributed by atoms with Crippen LogP contribution in [0.1, 0.15) is 50.6 Å². The van der Waals surface area contributed by atoms with Crippen LogP contribution in [0.3, 0.4) is 0 Å². The molecule has 0 aliphatic carbocycles. The van der Waals surface area contributed by atoms with Crippen molar-refractivity contribution in [2.45, 2.75) is 45.1 Å². The smallest absolute Gasteiger partial charge is 0.123 e. The van der Waals surface area contributed by atoms with Crippen LogP contribution >= 0.6 is 11.8 Å². The number of rotatable bonds is 7. The molecule has 1 N–H and O–H groups in total. The van der Waals surface area contributed by atoms with E-state index in [1.54, 1.807) is 12.1 Å². The Hall–Kier alpha value is -0.540. The Morgan fingerprint density at radius 1 is 1.25 bits per heavy atom. The fourth-order valence-electron chi connectivity index (χ4n) is 2.75. The van der Waals surface area contributed by atoms with E-state index in [1.165, 1.54) is 42.8 Å². The lowest BCUT2D eigenvalue weighted by atomic mass is 9.98. The summed E-state index contributed by atoms with van der Waals surface area (Å²) in [5.41, 5.74) is 1.23. The molecule has 2 rings (SSSR count). The monoisotopic (exact) mass is 295 g/mol. The minimum Gasteiger partial charge on any atom is -0.310 e. The first-order chi connectivity index (χ1) is 9.79. The summed E-state index contributed by atoms with van der Waals surface area (Å²) in [6.07, 6.45) is 6.24. The SMILES string of the molecule is CCCCC(NCC1CCSCC1)c1ccc(F)cc1. The molecule has 0 amide bonds. The fraction of sp³-hybridized carbons (Fsp3) is 0.647. The largest absolute Gasteiger partial charge is 0.310 e. The topological polar surface area (TPSA) is 12.0 Å². The van der Waals surface area contributed by atoms with E-state index in [1.807, 2.05) is 12.1 Å². The van der Waals surface area contributed by atoms with Gasteiger partial charge in [0.2, 0.25) is 0 Å². The van der Waals surface area contributed by atoms with Gasteiger partial charge in [0.1, 0.15) is 5.82 Å². The predicted molar refractivity (Wildman–Crippen MR) is 86.7 cm³/mol. The Balaban J connectivity index is 1.90. The van der Waals surface area contributed by atoms with Crippen LogP contribution < -0.4 is 5.32 Å². The highest BCUT2D eigenvalue weighted by atomic mass is 32.2. The third kappa shape index (κ3) is 5.10. The molecule has 0 radical (unpaired) electrons. The highest BCUT2D eigenvalue weighted by Crippen LogP contribution is 2.24. The number of benzene rings is 1. The van der Waals surface area contributed by atoms with Gasteiger partial charge in [0, 0.05) is 6.04 Å². The summed E-state index contributed by atoms with van der Waals surface area (Å²) in [6.45, 7) is 3.33. The summed E-state index contributed by atoms with van der Waals surface area (Å²) in [7, 11) is 0. The van der Waals surface area contributed by atoms with E-state index in [9.17, 15) is 4.39 Å². The number of hydrogen-bond donors (Lipinski definition) is 1. The van der Waals surface area contributed by atoms with Crippen molar-refractivity contribution in [3.63, 3.8) is 0 Å². The van der Waals surface area contributed by atoms with Crippen LogP contribution in [0.15, 0.2) is 24.3 Å². The number of unbranched alkanes of at least 4 members (excludes halogenated alkanes) is 1. The molecule has 1 unspecified atom stereocenters. The van der Waals surface area contributed by atoms with Crippen molar-refractivity contribution < 1.29 is 4.39 Å². The van der Waals surface area contributed by atoms with Crippen LogP contribution in [-0.4, -0.2) is 18.1 Å². The van der Waals surface area contributed by atoms with Gasteiger partial charge in [0.15, 0.2) is 0 Å². The van der Waals surface area contributed by atoms with Gasteiger partial charge in [-0.25, -0.2) is 4.39 Å². The van der Waals surface area contributed by atoms with Crippen molar-refractivity contribution in [3.8, 4) is 0 Å². The second-order valence-electron chi connectivity index (χ2n) is 5.71. The summed E-state index contributed by atoms with van der Waals surface area (Å²) in [6, 6.07) is 7.39. The maximum Gasteiger partial charge on any atom is 0.123 e. The van der Waals surface area contributed by atoms with E-state index < -0.39 is 0 Å². The molecule has 0 bridgehead atoms. The van der Waals surface area contributed by atoms with Gasteiger partial charge >= 0.3 is 0 Å². The Morgan fingerprint density at radius 3 is 2.60 bits per heavy atom. The number of nitrogens with one attached hydrogen (secondary N) is 1. The zero-order chi connectivity index (χ0) is 14.2. The molecular formula is C17H26FNS. The highest BCUT2D eigenvalue weighted by Gasteiger charge is 2.16. The Kier molecular flexibility index (Phi) is 6.88. The van der Waals surface area contributed by atoms with Crippen LogP contribution in [0.4, 0.5) is 4.39 Å². The zero-order valence-corrected chi connectivity index (χ0v) is 13.2. The molecule has 1 fully saturated rings. The van der Waals surface area contributed by atoms with Gasteiger partial charge in [-0.2, -0.15) is 11.8 Å². The van der Waals surface area contributed by atoms with Crippen LogP contribution in [-0.2, 0) is 0 Å². The quantitative estimate of drug-likeness (QED) is 0.776.